The molecule has 1 aliphatic carbocycles. The molecule has 11 rings (SSSR count). The second-order valence-corrected chi connectivity index (χ2v) is 16.9. The van der Waals surface area contributed by atoms with Gasteiger partial charge in [-0.05, 0) is 119 Å². The highest BCUT2D eigenvalue weighted by molar-refractivity contribution is 6.02. The molecule has 10 aromatic carbocycles. The lowest BCUT2D eigenvalue weighted by Gasteiger charge is -2.30. The smallest absolute Gasteiger partial charge is 0.0546 e. The van der Waals surface area contributed by atoms with Crippen molar-refractivity contribution in [3.05, 3.63) is 248 Å². The lowest BCUT2D eigenvalue weighted by molar-refractivity contribution is 0.660. The zero-order chi connectivity index (χ0) is 41.6. The molecule has 0 saturated carbocycles. The predicted octanol–water partition coefficient (Wildman–Crippen LogP) is 17.0. The first-order valence-electron chi connectivity index (χ1n) is 21.6. The average molecular weight is 792 g/mol. The molecule has 0 amide bonds. The van der Waals surface area contributed by atoms with Gasteiger partial charge in [-0.25, -0.2) is 0 Å². The van der Waals surface area contributed by atoms with Crippen molar-refractivity contribution in [3.8, 4) is 66.8 Å². The van der Waals surface area contributed by atoms with Gasteiger partial charge in [-0.2, -0.15) is 0 Å². The fourth-order valence-electron chi connectivity index (χ4n) is 9.86. The molecule has 62 heavy (non-hydrogen) atoms. The van der Waals surface area contributed by atoms with Gasteiger partial charge in [-0.15, -0.1) is 0 Å². The number of nitrogens with zero attached hydrogens (tertiary/aromatic N) is 1. The SMILES string of the molecule is CC1(C)c2ccccc2-c2cc(-c3cccc(N(c4ccc(-c5cccc6ccccc56)cc4)c4cccc(-c5ccccc5)c4-c4ccccc4-c4ccccc4)c3)ccc21. The molecule has 0 unspecified atom stereocenters. The summed E-state index contributed by atoms with van der Waals surface area (Å²) in [6, 6.07) is 86.7. The van der Waals surface area contributed by atoms with Crippen LogP contribution in [-0.2, 0) is 5.41 Å². The second kappa shape index (κ2) is 15.4. The van der Waals surface area contributed by atoms with Gasteiger partial charge in [0.2, 0.25) is 0 Å². The van der Waals surface area contributed by atoms with Gasteiger partial charge in [0.05, 0.1) is 5.69 Å². The summed E-state index contributed by atoms with van der Waals surface area (Å²) in [4.78, 5) is 2.46. The maximum Gasteiger partial charge on any atom is 0.0546 e. The molecule has 1 nitrogen and oxygen atoms in total. The van der Waals surface area contributed by atoms with Crippen molar-refractivity contribution >= 4 is 27.8 Å². The zero-order valence-corrected chi connectivity index (χ0v) is 35.0. The minimum atomic E-state index is -0.0441. The average Bonchev–Trinajstić information content (AvgIpc) is 3.57. The topological polar surface area (TPSA) is 3.24 Å². The largest absolute Gasteiger partial charge is 0.310 e. The van der Waals surface area contributed by atoms with Crippen molar-refractivity contribution < 1.29 is 0 Å². The number of benzene rings is 10. The molecule has 0 aliphatic heterocycles. The molecule has 0 N–H and O–H groups in total. The maximum atomic E-state index is 2.46. The molecule has 0 heterocycles. The van der Waals surface area contributed by atoms with Crippen LogP contribution in [0.15, 0.2) is 237 Å². The summed E-state index contributed by atoms with van der Waals surface area (Å²) in [5.41, 5.74) is 20.6. The summed E-state index contributed by atoms with van der Waals surface area (Å²) in [6.07, 6.45) is 0. The van der Waals surface area contributed by atoms with Gasteiger partial charge in [-0.3, -0.25) is 0 Å². The van der Waals surface area contributed by atoms with Gasteiger partial charge in [0.1, 0.15) is 0 Å². The van der Waals surface area contributed by atoms with Crippen LogP contribution in [0.25, 0.3) is 77.5 Å². The molecule has 294 valence electrons. The highest BCUT2D eigenvalue weighted by Crippen LogP contribution is 2.51. The predicted molar refractivity (Wildman–Crippen MR) is 263 cm³/mol. The van der Waals surface area contributed by atoms with Crippen molar-refractivity contribution in [1.82, 2.24) is 0 Å². The van der Waals surface area contributed by atoms with Crippen molar-refractivity contribution in [2.45, 2.75) is 19.3 Å². The molecular weight excluding hydrogens is 747 g/mol. The van der Waals surface area contributed by atoms with Crippen LogP contribution in [0.2, 0.25) is 0 Å². The van der Waals surface area contributed by atoms with Crippen LogP contribution in [0.5, 0.6) is 0 Å². The molecule has 0 atom stereocenters. The molecule has 1 heteroatoms. The molecule has 0 spiro atoms. The summed E-state index contributed by atoms with van der Waals surface area (Å²) < 4.78 is 0. The van der Waals surface area contributed by atoms with Gasteiger partial charge in [0, 0.05) is 22.4 Å². The third-order valence-electron chi connectivity index (χ3n) is 12.9. The summed E-state index contributed by atoms with van der Waals surface area (Å²) in [7, 11) is 0. The third-order valence-corrected chi connectivity index (χ3v) is 12.9. The Bertz CT molecular complexity index is 3240. The first-order valence-corrected chi connectivity index (χ1v) is 21.6. The molecule has 0 radical (unpaired) electrons. The molecule has 10 aromatic rings. The summed E-state index contributed by atoms with van der Waals surface area (Å²) >= 11 is 0. The molecule has 1 aliphatic rings. The van der Waals surface area contributed by atoms with Crippen LogP contribution < -0.4 is 4.90 Å². The normalized spacial score (nSPS) is 12.5. The first-order chi connectivity index (χ1) is 30.5. The first kappa shape index (κ1) is 37.3. The highest BCUT2D eigenvalue weighted by Gasteiger charge is 2.35. The van der Waals surface area contributed by atoms with E-state index in [9.17, 15) is 0 Å². The van der Waals surface area contributed by atoms with Crippen LogP contribution >= 0.6 is 0 Å². The maximum absolute atomic E-state index is 2.46. The van der Waals surface area contributed by atoms with Crippen LogP contribution in [0, 0.1) is 0 Å². The minimum absolute atomic E-state index is 0.0441. The van der Waals surface area contributed by atoms with E-state index in [1.54, 1.807) is 0 Å². The fraction of sp³-hybridized carbons (Fsp3) is 0.0492. The van der Waals surface area contributed by atoms with Crippen molar-refractivity contribution in [2.24, 2.45) is 0 Å². The van der Waals surface area contributed by atoms with Crippen LogP contribution in [0.3, 0.4) is 0 Å². The molecular formula is C61H45N. The lowest BCUT2D eigenvalue weighted by atomic mass is 9.82. The van der Waals surface area contributed by atoms with E-state index < -0.39 is 0 Å². The Hall–Kier alpha value is -7.74. The van der Waals surface area contributed by atoms with E-state index >= 15 is 0 Å². The lowest BCUT2D eigenvalue weighted by Crippen LogP contribution is -2.14. The van der Waals surface area contributed by atoms with Gasteiger partial charge >= 0.3 is 0 Å². The quantitative estimate of drug-likeness (QED) is 0.148. The van der Waals surface area contributed by atoms with E-state index in [0.717, 1.165) is 17.1 Å². The fourth-order valence-corrected chi connectivity index (χ4v) is 9.86. The summed E-state index contributed by atoms with van der Waals surface area (Å²) in [5, 5.41) is 2.49. The number of anilines is 3. The summed E-state index contributed by atoms with van der Waals surface area (Å²) in [6.45, 7) is 4.69. The minimum Gasteiger partial charge on any atom is -0.310 e. The van der Waals surface area contributed by atoms with Crippen LogP contribution in [0.1, 0.15) is 25.0 Å². The standard InChI is InChI=1S/C61H45N/c1-61(2)57-32-14-13-28-54(57)56-41-47(36-39-58(56)61)46-24-15-25-49(40-46)62(48-37-34-45(35-38-48)51-30-16-23-43-22-9-10-26-50(43)51)59-33-17-31-53(44-20-7-4-8-21-44)60(59)55-29-12-11-27-52(55)42-18-5-3-6-19-42/h3-41H,1-2H3. The summed E-state index contributed by atoms with van der Waals surface area (Å²) in [5.74, 6) is 0. The highest BCUT2D eigenvalue weighted by atomic mass is 15.1. The number of hydrogen-bond donors (Lipinski definition) is 0. The Morgan fingerprint density at radius 1 is 0.306 bits per heavy atom. The van der Waals surface area contributed by atoms with Gasteiger partial charge < -0.3 is 4.90 Å². The van der Waals surface area contributed by atoms with Crippen molar-refractivity contribution in [1.29, 1.82) is 0 Å². The Morgan fingerprint density at radius 2 is 0.823 bits per heavy atom. The van der Waals surface area contributed by atoms with E-state index in [1.165, 1.54) is 88.7 Å². The van der Waals surface area contributed by atoms with E-state index in [1.807, 2.05) is 0 Å². The van der Waals surface area contributed by atoms with Crippen LogP contribution in [0.4, 0.5) is 17.1 Å². The van der Waals surface area contributed by atoms with E-state index in [-0.39, 0.29) is 5.41 Å². The van der Waals surface area contributed by atoms with E-state index in [0.29, 0.717) is 0 Å². The van der Waals surface area contributed by atoms with Gasteiger partial charge in [0.15, 0.2) is 0 Å². The Morgan fingerprint density at radius 3 is 1.61 bits per heavy atom. The van der Waals surface area contributed by atoms with Gasteiger partial charge in [0.25, 0.3) is 0 Å². The van der Waals surface area contributed by atoms with E-state index in [2.05, 4.69) is 255 Å². The Labute approximate surface area is 364 Å². The number of rotatable bonds is 8. The molecule has 0 bridgehead atoms. The third kappa shape index (κ3) is 6.42. The Balaban J connectivity index is 1.13. The molecule has 0 fully saturated rings. The van der Waals surface area contributed by atoms with Crippen molar-refractivity contribution in [2.75, 3.05) is 4.90 Å². The molecule has 0 saturated heterocycles. The van der Waals surface area contributed by atoms with Gasteiger partial charge in [-0.1, -0.05) is 214 Å². The monoisotopic (exact) mass is 791 g/mol. The zero-order valence-electron chi connectivity index (χ0n) is 35.0. The van der Waals surface area contributed by atoms with Crippen LogP contribution in [-0.4, -0.2) is 0 Å². The van der Waals surface area contributed by atoms with E-state index in [4.69, 9.17) is 0 Å². The number of hydrogen-bond acceptors (Lipinski definition) is 1. The molecule has 0 aromatic heterocycles. The Kier molecular flexibility index (Phi) is 9.24. The second-order valence-electron chi connectivity index (χ2n) is 16.9. The number of fused-ring (bicyclic) bond motifs is 4. The van der Waals surface area contributed by atoms with Crippen molar-refractivity contribution in [3.63, 3.8) is 0 Å².